The highest BCUT2D eigenvalue weighted by Crippen LogP contribution is 2.14. The molecule has 0 saturated heterocycles. The van der Waals surface area contributed by atoms with E-state index in [1.54, 1.807) is 30.3 Å². The van der Waals surface area contributed by atoms with Crippen LogP contribution in [0.25, 0.3) is 0 Å². The molecule has 0 unspecified atom stereocenters. The molecule has 98 valence electrons. The molecule has 1 heterocycles. The molecule has 19 heavy (non-hydrogen) atoms. The third-order valence-electron chi connectivity index (χ3n) is 2.20. The van der Waals surface area contributed by atoms with Crippen LogP contribution >= 0.6 is 11.6 Å². The van der Waals surface area contributed by atoms with E-state index in [1.807, 2.05) is 6.07 Å². The highest BCUT2D eigenvalue weighted by molar-refractivity contribution is 6.30. The lowest BCUT2D eigenvalue weighted by molar-refractivity contribution is -0.119. The second-order valence-electron chi connectivity index (χ2n) is 3.67. The van der Waals surface area contributed by atoms with E-state index in [1.165, 1.54) is 12.5 Å². The number of carbonyl (C=O) groups is 1. The first-order valence-corrected chi connectivity index (χ1v) is 5.97. The van der Waals surface area contributed by atoms with Crippen LogP contribution in [0.1, 0.15) is 5.76 Å². The number of hydrazone groups is 1. The molecule has 1 aromatic carbocycles. The lowest BCUT2D eigenvalue weighted by Gasteiger charge is -2.05. The molecule has 0 bridgehead atoms. The summed E-state index contributed by atoms with van der Waals surface area (Å²) < 4.78 is 5.03. The van der Waals surface area contributed by atoms with Crippen LogP contribution in [0.2, 0.25) is 5.02 Å². The van der Waals surface area contributed by atoms with Crippen molar-refractivity contribution < 1.29 is 9.21 Å². The van der Waals surface area contributed by atoms with Crippen molar-refractivity contribution >= 4 is 29.4 Å². The zero-order valence-corrected chi connectivity index (χ0v) is 10.7. The highest BCUT2D eigenvalue weighted by Gasteiger charge is 1.99. The number of halogens is 1. The third kappa shape index (κ3) is 4.48. The Hall–Kier alpha value is -2.27. The van der Waals surface area contributed by atoms with Crippen molar-refractivity contribution in [2.75, 3.05) is 11.9 Å². The van der Waals surface area contributed by atoms with Gasteiger partial charge in [0.1, 0.15) is 5.76 Å². The number of furan rings is 1. The summed E-state index contributed by atoms with van der Waals surface area (Å²) in [5.74, 6) is 0.311. The summed E-state index contributed by atoms with van der Waals surface area (Å²) in [6.07, 6.45) is 2.96. The summed E-state index contributed by atoms with van der Waals surface area (Å²) in [5.41, 5.74) is 3.16. The van der Waals surface area contributed by atoms with E-state index in [-0.39, 0.29) is 12.5 Å². The van der Waals surface area contributed by atoms with Gasteiger partial charge >= 0.3 is 0 Å². The van der Waals surface area contributed by atoms with Crippen LogP contribution in [0.3, 0.4) is 0 Å². The van der Waals surface area contributed by atoms with Crippen LogP contribution in [-0.2, 0) is 4.79 Å². The van der Waals surface area contributed by atoms with E-state index in [4.69, 9.17) is 16.0 Å². The maximum atomic E-state index is 11.5. The molecule has 0 aliphatic heterocycles. The summed E-state index contributed by atoms with van der Waals surface area (Å²) in [5, 5.41) is 7.31. The average Bonchev–Trinajstić information content (AvgIpc) is 2.90. The highest BCUT2D eigenvalue weighted by atomic mass is 35.5. The Balaban J connectivity index is 1.76. The number of hydrogen-bond acceptors (Lipinski definition) is 4. The number of rotatable bonds is 5. The molecule has 2 rings (SSSR count). The van der Waals surface area contributed by atoms with Crippen LogP contribution in [0.4, 0.5) is 5.69 Å². The van der Waals surface area contributed by atoms with Gasteiger partial charge in [0, 0.05) is 10.7 Å². The minimum Gasteiger partial charge on any atom is -0.463 e. The van der Waals surface area contributed by atoms with Gasteiger partial charge in [0.2, 0.25) is 0 Å². The van der Waals surface area contributed by atoms with Gasteiger partial charge in [0.25, 0.3) is 5.91 Å². The topological polar surface area (TPSA) is 66.6 Å². The first kappa shape index (κ1) is 13.2. The van der Waals surface area contributed by atoms with Crippen molar-refractivity contribution in [3.63, 3.8) is 0 Å². The van der Waals surface area contributed by atoms with E-state index in [0.29, 0.717) is 10.8 Å². The summed E-state index contributed by atoms with van der Waals surface area (Å²) in [7, 11) is 0. The van der Waals surface area contributed by atoms with Gasteiger partial charge in [-0.25, -0.2) is 5.43 Å². The Kier molecular flexibility index (Phi) is 4.58. The molecule has 0 fully saturated rings. The van der Waals surface area contributed by atoms with Gasteiger partial charge < -0.3 is 9.73 Å². The molecular weight excluding hydrogens is 266 g/mol. The minimum absolute atomic E-state index is 0.107. The number of anilines is 1. The van der Waals surface area contributed by atoms with Gasteiger partial charge in [0.15, 0.2) is 0 Å². The van der Waals surface area contributed by atoms with E-state index >= 15 is 0 Å². The van der Waals surface area contributed by atoms with E-state index in [0.717, 1.165) is 5.69 Å². The van der Waals surface area contributed by atoms with Crippen molar-refractivity contribution in [3.05, 3.63) is 53.4 Å². The number of nitrogens with zero attached hydrogens (tertiary/aromatic N) is 1. The zero-order chi connectivity index (χ0) is 13.5. The molecule has 0 saturated carbocycles. The Morgan fingerprint density at radius 2 is 2.26 bits per heavy atom. The Labute approximate surface area is 115 Å². The van der Waals surface area contributed by atoms with Crippen molar-refractivity contribution in [1.82, 2.24) is 5.43 Å². The standard InChI is InChI=1S/C13H12ClN3O2/c14-10-3-1-4-11(7-10)15-9-13(18)17-16-8-12-5-2-6-19-12/h1-8,15H,9H2,(H,17,18)/b16-8+. The summed E-state index contributed by atoms with van der Waals surface area (Å²) in [4.78, 5) is 11.5. The van der Waals surface area contributed by atoms with Crippen LogP contribution in [0.5, 0.6) is 0 Å². The second kappa shape index (κ2) is 6.61. The van der Waals surface area contributed by atoms with Crippen LogP contribution in [0.15, 0.2) is 52.2 Å². The largest absolute Gasteiger partial charge is 0.463 e. The second-order valence-corrected chi connectivity index (χ2v) is 4.11. The number of hydrogen-bond donors (Lipinski definition) is 2. The minimum atomic E-state index is -0.261. The third-order valence-corrected chi connectivity index (χ3v) is 2.44. The van der Waals surface area contributed by atoms with Gasteiger partial charge in [-0.3, -0.25) is 4.79 Å². The summed E-state index contributed by atoms with van der Waals surface area (Å²) in [6, 6.07) is 10.6. The van der Waals surface area contributed by atoms with Crippen molar-refractivity contribution in [2.24, 2.45) is 5.10 Å². The molecule has 0 radical (unpaired) electrons. The molecule has 0 spiro atoms. The number of amides is 1. The molecule has 0 atom stereocenters. The Bertz CT molecular complexity index is 567. The lowest BCUT2D eigenvalue weighted by Crippen LogP contribution is -2.25. The smallest absolute Gasteiger partial charge is 0.259 e. The monoisotopic (exact) mass is 277 g/mol. The Morgan fingerprint density at radius 1 is 1.37 bits per heavy atom. The molecule has 2 N–H and O–H groups in total. The summed E-state index contributed by atoms with van der Waals surface area (Å²) >= 11 is 5.83. The van der Waals surface area contributed by atoms with Gasteiger partial charge in [0.05, 0.1) is 19.0 Å². The van der Waals surface area contributed by atoms with Crippen LogP contribution in [-0.4, -0.2) is 18.7 Å². The molecule has 1 aromatic heterocycles. The van der Waals surface area contributed by atoms with Crippen molar-refractivity contribution in [1.29, 1.82) is 0 Å². The maximum absolute atomic E-state index is 11.5. The lowest BCUT2D eigenvalue weighted by atomic mass is 10.3. The van der Waals surface area contributed by atoms with Gasteiger partial charge in [-0.1, -0.05) is 17.7 Å². The number of benzene rings is 1. The zero-order valence-electron chi connectivity index (χ0n) is 9.97. The fourth-order valence-corrected chi connectivity index (χ4v) is 1.54. The fourth-order valence-electron chi connectivity index (χ4n) is 1.35. The van der Waals surface area contributed by atoms with Gasteiger partial charge in [-0.05, 0) is 30.3 Å². The maximum Gasteiger partial charge on any atom is 0.259 e. The van der Waals surface area contributed by atoms with Crippen LogP contribution in [0, 0.1) is 0 Å². The number of carbonyl (C=O) groups excluding carboxylic acids is 1. The number of nitrogens with one attached hydrogen (secondary N) is 2. The molecule has 6 heteroatoms. The first-order valence-electron chi connectivity index (χ1n) is 5.59. The molecule has 1 amide bonds. The molecular formula is C13H12ClN3O2. The van der Waals surface area contributed by atoms with E-state index in [2.05, 4.69) is 15.8 Å². The SMILES string of the molecule is O=C(CNc1cccc(Cl)c1)N/N=C/c1ccco1. The molecule has 5 nitrogen and oxygen atoms in total. The first-order chi connectivity index (χ1) is 9.24. The quantitative estimate of drug-likeness (QED) is 0.652. The fraction of sp³-hybridized carbons (Fsp3) is 0.0769. The Morgan fingerprint density at radius 3 is 3.00 bits per heavy atom. The predicted molar refractivity (Wildman–Crippen MR) is 74.4 cm³/mol. The molecule has 2 aromatic rings. The van der Waals surface area contributed by atoms with E-state index in [9.17, 15) is 4.79 Å². The van der Waals surface area contributed by atoms with Crippen molar-refractivity contribution in [3.8, 4) is 0 Å². The molecule has 0 aliphatic carbocycles. The van der Waals surface area contributed by atoms with Gasteiger partial charge in [-0.15, -0.1) is 0 Å². The molecule has 0 aliphatic rings. The van der Waals surface area contributed by atoms with Gasteiger partial charge in [-0.2, -0.15) is 5.10 Å². The average molecular weight is 278 g/mol. The van der Waals surface area contributed by atoms with E-state index < -0.39 is 0 Å². The predicted octanol–water partition coefficient (Wildman–Crippen LogP) is 2.50. The van der Waals surface area contributed by atoms with Crippen molar-refractivity contribution in [2.45, 2.75) is 0 Å². The normalized spacial score (nSPS) is 10.6. The van der Waals surface area contributed by atoms with Crippen LogP contribution < -0.4 is 10.7 Å². The summed E-state index contributed by atoms with van der Waals surface area (Å²) in [6.45, 7) is 0.107.